The first-order chi connectivity index (χ1) is 8.59. The summed E-state index contributed by atoms with van der Waals surface area (Å²) in [4.78, 5) is 22.7. The third-order valence-corrected chi connectivity index (χ3v) is 2.85. The summed E-state index contributed by atoms with van der Waals surface area (Å²) < 4.78 is 10.0. The maximum absolute atomic E-state index is 11.9. The summed E-state index contributed by atoms with van der Waals surface area (Å²) in [5.74, 6) is -0.222. The van der Waals surface area contributed by atoms with E-state index in [-0.39, 0.29) is 12.3 Å². The fourth-order valence-electron chi connectivity index (χ4n) is 1.72. The fourth-order valence-corrected chi connectivity index (χ4v) is 1.72. The zero-order valence-corrected chi connectivity index (χ0v) is 12.5. The molecule has 0 aliphatic heterocycles. The molecule has 0 aliphatic rings. The maximum Gasteiger partial charge on any atom is 0.408 e. The van der Waals surface area contributed by atoms with Crippen LogP contribution in [0.2, 0.25) is 0 Å². The molecule has 2 unspecified atom stereocenters. The van der Waals surface area contributed by atoms with Crippen molar-refractivity contribution in [2.45, 2.75) is 58.5 Å². The Hall–Kier alpha value is -1.14. The van der Waals surface area contributed by atoms with E-state index in [1.54, 1.807) is 34.6 Å². The van der Waals surface area contributed by atoms with Gasteiger partial charge in [-0.1, -0.05) is 13.8 Å². The number of aliphatic hydroxyl groups is 1. The number of rotatable bonds is 6. The second kappa shape index (κ2) is 6.86. The van der Waals surface area contributed by atoms with Crippen LogP contribution in [0.25, 0.3) is 0 Å². The summed E-state index contributed by atoms with van der Waals surface area (Å²) in [6.07, 6.45) is -1.43. The van der Waals surface area contributed by atoms with Gasteiger partial charge in [0.25, 0.3) is 0 Å². The van der Waals surface area contributed by atoms with Crippen LogP contribution in [-0.4, -0.2) is 42.0 Å². The molecule has 0 heterocycles. The summed E-state index contributed by atoms with van der Waals surface area (Å²) >= 11 is 0. The monoisotopic (exact) mass is 275 g/mol. The maximum atomic E-state index is 11.9. The highest BCUT2D eigenvalue weighted by atomic mass is 16.6. The van der Waals surface area contributed by atoms with Crippen LogP contribution in [0.3, 0.4) is 0 Å². The van der Waals surface area contributed by atoms with Gasteiger partial charge in [0.2, 0.25) is 0 Å². The van der Waals surface area contributed by atoms with Gasteiger partial charge in [-0.05, 0) is 26.7 Å². The molecule has 0 aromatic rings. The van der Waals surface area contributed by atoms with Crippen LogP contribution in [0.4, 0.5) is 4.79 Å². The summed E-state index contributed by atoms with van der Waals surface area (Å²) in [6, 6.07) is 0. The third-order valence-electron chi connectivity index (χ3n) is 2.85. The molecule has 0 spiro atoms. The Morgan fingerprint density at radius 1 is 1.37 bits per heavy atom. The van der Waals surface area contributed by atoms with Gasteiger partial charge in [-0.25, -0.2) is 4.79 Å². The Labute approximate surface area is 114 Å². The molecule has 0 aromatic heterocycles. The van der Waals surface area contributed by atoms with Crippen molar-refractivity contribution >= 4 is 12.4 Å². The zero-order chi connectivity index (χ0) is 15.3. The van der Waals surface area contributed by atoms with Gasteiger partial charge in [0, 0.05) is 13.5 Å². The molecular formula is C13H25NO5. The molecule has 2 N–H and O–H groups in total. The molecule has 0 bridgehead atoms. The van der Waals surface area contributed by atoms with E-state index in [2.05, 4.69) is 5.32 Å². The molecule has 0 saturated carbocycles. The first kappa shape index (κ1) is 17.9. The van der Waals surface area contributed by atoms with Gasteiger partial charge >= 0.3 is 6.09 Å². The molecule has 0 rings (SSSR count). The van der Waals surface area contributed by atoms with E-state index in [0.29, 0.717) is 6.29 Å². The second-order valence-corrected chi connectivity index (χ2v) is 5.78. The van der Waals surface area contributed by atoms with E-state index in [0.717, 1.165) is 0 Å². The number of aldehydes is 1. The minimum Gasteiger partial charge on any atom is -0.444 e. The van der Waals surface area contributed by atoms with Crippen molar-refractivity contribution in [2.75, 3.05) is 7.11 Å². The second-order valence-electron chi connectivity index (χ2n) is 5.78. The van der Waals surface area contributed by atoms with Crippen molar-refractivity contribution < 1.29 is 24.2 Å². The van der Waals surface area contributed by atoms with Crippen molar-refractivity contribution in [3.05, 3.63) is 0 Å². The van der Waals surface area contributed by atoms with Gasteiger partial charge in [0.1, 0.15) is 17.4 Å². The third kappa shape index (κ3) is 5.16. The van der Waals surface area contributed by atoms with Gasteiger partial charge in [-0.15, -0.1) is 0 Å². The van der Waals surface area contributed by atoms with Gasteiger partial charge < -0.3 is 24.7 Å². The molecular weight excluding hydrogens is 250 g/mol. The lowest BCUT2D eigenvalue weighted by molar-refractivity contribution is -0.151. The number of aliphatic hydroxyl groups excluding tert-OH is 1. The van der Waals surface area contributed by atoms with Gasteiger partial charge in [-0.3, -0.25) is 0 Å². The van der Waals surface area contributed by atoms with Crippen molar-refractivity contribution in [1.29, 1.82) is 0 Å². The number of carbonyl (C=O) groups is 2. The number of nitrogens with one attached hydrogen (secondary N) is 1. The Morgan fingerprint density at radius 2 is 1.89 bits per heavy atom. The number of amides is 1. The standard InChI is InChI=1S/C13H25NO5/c1-9(2)13(7-8-15,10(16)18-6)14-11(17)19-12(3,4)5/h8-10,16H,7H2,1-6H3,(H,14,17). The topological polar surface area (TPSA) is 84.9 Å². The van der Waals surface area contributed by atoms with E-state index < -0.39 is 23.5 Å². The highest BCUT2D eigenvalue weighted by molar-refractivity contribution is 5.70. The van der Waals surface area contributed by atoms with Crippen molar-refractivity contribution in [2.24, 2.45) is 5.92 Å². The van der Waals surface area contributed by atoms with Crippen molar-refractivity contribution in [3.8, 4) is 0 Å². The molecule has 112 valence electrons. The van der Waals surface area contributed by atoms with Crippen LogP contribution in [-0.2, 0) is 14.3 Å². The highest BCUT2D eigenvalue weighted by Gasteiger charge is 2.43. The SMILES string of the molecule is COC(O)C(CC=O)(NC(=O)OC(C)(C)C)C(C)C. The van der Waals surface area contributed by atoms with E-state index in [1.807, 2.05) is 0 Å². The van der Waals surface area contributed by atoms with E-state index in [1.165, 1.54) is 7.11 Å². The lowest BCUT2D eigenvalue weighted by Gasteiger charge is -2.40. The normalized spacial score (nSPS) is 16.6. The summed E-state index contributed by atoms with van der Waals surface area (Å²) in [5.41, 5.74) is -1.87. The lowest BCUT2D eigenvalue weighted by Crippen LogP contribution is -2.61. The molecule has 2 atom stereocenters. The number of carbonyl (C=O) groups excluding carboxylic acids is 2. The van der Waals surface area contributed by atoms with E-state index in [9.17, 15) is 14.7 Å². The Morgan fingerprint density at radius 3 is 2.21 bits per heavy atom. The molecule has 6 nitrogen and oxygen atoms in total. The average Bonchev–Trinajstić information content (AvgIpc) is 2.24. The highest BCUT2D eigenvalue weighted by Crippen LogP contribution is 2.26. The molecule has 0 saturated heterocycles. The quantitative estimate of drug-likeness (QED) is 0.566. The minimum atomic E-state index is -1.30. The number of alkyl carbamates (subject to hydrolysis) is 1. The van der Waals surface area contributed by atoms with E-state index >= 15 is 0 Å². The molecule has 0 aromatic carbocycles. The molecule has 0 aliphatic carbocycles. The lowest BCUT2D eigenvalue weighted by atomic mass is 9.83. The molecule has 19 heavy (non-hydrogen) atoms. The summed E-state index contributed by atoms with van der Waals surface area (Å²) in [7, 11) is 1.31. The van der Waals surface area contributed by atoms with Crippen LogP contribution >= 0.6 is 0 Å². The largest absolute Gasteiger partial charge is 0.444 e. The smallest absolute Gasteiger partial charge is 0.408 e. The van der Waals surface area contributed by atoms with E-state index in [4.69, 9.17) is 9.47 Å². The van der Waals surface area contributed by atoms with Gasteiger partial charge in [0.05, 0.1) is 0 Å². The Balaban J connectivity index is 5.14. The fraction of sp³-hybridized carbons (Fsp3) is 0.846. The predicted molar refractivity (Wildman–Crippen MR) is 70.6 cm³/mol. The number of hydrogen-bond donors (Lipinski definition) is 2. The Bertz CT molecular complexity index is 311. The summed E-state index contributed by atoms with van der Waals surface area (Å²) in [6.45, 7) is 8.76. The van der Waals surface area contributed by atoms with Crippen LogP contribution in [0, 0.1) is 5.92 Å². The molecule has 6 heteroatoms. The summed E-state index contributed by atoms with van der Waals surface area (Å²) in [5, 5.41) is 12.5. The average molecular weight is 275 g/mol. The van der Waals surface area contributed by atoms with Crippen molar-refractivity contribution in [3.63, 3.8) is 0 Å². The van der Waals surface area contributed by atoms with Crippen molar-refractivity contribution in [1.82, 2.24) is 5.32 Å². The number of methoxy groups -OCH3 is 1. The van der Waals surface area contributed by atoms with Crippen LogP contribution in [0.5, 0.6) is 0 Å². The number of hydrogen-bond acceptors (Lipinski definition) is 5. The first-order valence-corrected chi connectivity index (χ1v) is 6.24. The van der Waals surface area contributed by atoms with Gasteiger partial charge in [-0.2, -0.15) is 0 Å². The molecule has 0 fully saturated rings. The first-order valence-electron chi connectivity index (χ1n) is 6.24. The minimum absolute atomic E-state index is 0.0705. The van der Waals surface area contributed by atoms with Crippen LogP contribution < -0.4 is 5.32 Å². The van der Waals surface area contributed by atoms with Crippen LogP contribution in [0.1, 0.15) is 41.0 Å². The van der Waals surface area contributed by atoms with Gasteiger partial charge in [0.15, 0.2) is 6.29 Å². The molecule has 1 amide bonds. The molecule has 0 radical (unpaired) electrons. The van der Waals surface area contributed by atoms with Crippen LogP contribution in [0.15, 0.2) is 0 Å². The Kier molecular flexibility index (Phi) is 6.45. The number of ether oxygens (including phenoxy) is 2. The zero-order valence-electron chi connectivity index (χ0n) is 12.5. The predicted octanol–water partition coefficient (Wildman–Crippen LogP) is 1.46.